The van der Waals surface area contributed by atoms with E-state index in [1.165, 1.54) is 5.56 Å². The topological polar surface area (TPSA) is 70.2 Å². The Morgan fingerprint density at radius 3 is 2.87 bits per heavy atom. The van der Waals surface area contributed by atoms with Crippen LogP contribution < -0.4 is 10.1 Å². The van der Waals surface area contributed by atoms with Crippen molar-refractivity contribution < 1.29 is 9.84 Å². The molecule has 3 N–H and O–H groups in total. The summed E-state index contributed by atoms with van der Waals surface area (Å²) in [4.78, 5) is 0. The molecule has 0 aliphatic heterocycles. The molecule has 2 atom stereocenters. The monoisotopic (exact) mass is 421 g/mol. The first-order chi connectivity index (χ1) is 14.7. The van der Waals surface area contributed by atoms with Crippen LogP contribution in [0.25, 0.3) is 21.5 Å². The Hall–Kier alpha value is -2.67. The summed E-state index contributed by atoms with van der Waals surface area (Å²) >= 11 is 1.67. The number of aromatic amines is 1. The molecule has 4 rings (SSSR count). The van der Waals surface area contributed by atoms with Crippen LogP contribution in [0.3, 0.4) is 0 Å². The molecule has 156 valence electrons. The van der Waals surface area contributed by atoms with Crippen LogP contribution in [0.1, 0.15) is 18.9 Å². The van der Waals surface area contributed by atoms with E-state index in [0.29, 0.717) is 12.6 Å². The van der Waals surface area contributed by atoms with E-state index in [9.17, 15) is 5.11 Å². The van der Waals surface area contributed by atoms with Crippen molar-refractivity contribution >= 4 is 21.6 Å². The van der Waals surface area contributed by atoms with Crippen molar-refractivity contribution in [2.75, 3.05) is 13.2 Å². The normalized spacial score (nSPS) is 13.4. The van der Waals surface area contributed by atoms with Crippen LogP contribution in [0.15, 0.2) is 66.0 Å². The first-order valence-corrected chi connectivity index (χ1v) is 11.2. The van der Waals surface area contributed by atoms with Crippen molar-refractivity contribution in [3.05, 3.63) is 71.6 Å². The predicted molar refractivity (Wildman–Crippen MR) is 123 cm³/mol. The maximum absolute atomic E-state index is 10.3. The number of aliphatic hydroxyl groups is 1. The summed E-state index contributed by atoms with van der Waals surface area (Å²) in [5.74, 6) is 0.733. The minimum atomic E-state index is -0.567. The lowest BCUT2D eigenvalue weighted by atomic mass is 10.1. The zero-order valence-electron chi connectivity index (χ0n) is 17.0. The van der Waals surface area contributed by atoms with Gasteiger partial charge in [-0.1, -0.05) is 42.5 Å². The van der Waals surface area contributed by atoms with Crippen LogP contribution in [-0.2, 0) is 6.42 Å². The first-order valence-electron chi connectivity index (χ1n) is 10.3. The van der Waals surface area contributed by atoms with E-state index < -0.39 is 6.10 Å². The van der Waals surface area contributed by atoms with Gasteiger partial charge in [0.05, 0.1) is 10.2 Å². The third kappa shape index (κ3) is 5.27. The largest absolute Gasteiger partial charge is 0.491 e. The second-order valence-corrected chi connectivity index (χ2v) is 8.48. The molecule has 0 fully saturated rings. The van der Waals surface area contributed by atoms with E-state index in [4.69, 9.17) is 4.74 Å². The van der Waals surface area contributed by atoms with Gasteiger partial charge in [-0.15, -0.1) is 11.3 Å². The first kappa shape index (κ1) is 20.6. The second kappa shape index (κ2) is 9.89. The van der Waals surface area contributed by atoms with E-state index in [1.807, 2.05) is 36.4 Å². The molecule has 2 heterocycles. The number of nitrogens with one attached hydrogen (secondary N) is 2. The Labute approximate surface area is 180 Å². The van der Waals surface area contributed by atoms with Gasteiger partial charge in [0.2, 0.25) is 0 Å². The van der Waals surface area contributed by atoms with Gasteiger partial charge in [-0.25, -0.2) is 0 Å². The predicted octanol–water partition coefficient (Wildman–Crippen LogP) is 4.64. The van der Waals surface area contributed by atoms with Crippen LogP contribution in [0.5, 0.6) is 5.75 Å². The SMILES string of the molecule is CC(CCc1ccccc1)NCC(O)COc1cccc(-c2n[nH]c3ccsc23)c1. The fourth-order valence-corrected chi connectivity index (χ4v) is 4.25. The number of aromatic nitrogens is 2. The van der Waals surface area contributed by atoms with Gasteiger partial charge in [0.25, 0.3) is 0 Å². The molecule has 0 saturated heterocycles. The molecule has 6 heteroatoms. The molecule has 2 unspecified atom stereocenters. The van der Waals surface area contributed by atoms with Crippen LogP contribution in [0, 0.1) is 0 Å². The molecule has 0 aliphatic rings. The van der Waals surface area contributed by atoms with E-state index in [-0.39, 0.29) is 6.61 Å². The number of H-pyrrole nitrogens is 1. The number of thiophene rings is 1. The molecule has 0 radical (unpaired) electrons. The number of rotatable bonds is 10. The highest BCUT2D eigenvalue weighted by Crippen LogP contribution is 2.31. The molecule has 0 aliphatic carbocycles. The molecular formula is C24H27N3O2S. The van der Waals surface area contributed by atoms with Crippen LogP contribution in [0.2, 0.25) is 0 Å². The summed E-state index contributed by atoms with van der Waals surface area (Å²) in [7, 11) is 0. The summed E-state index contributed by atoms with van der Waals surface area (Å²) in [6.45, 7) is 2.90. The molecule has 0 bridgehead atoms. The van der Waals surface area contributed by atoms with Crippen molar-refractivity contribution in [3.63, 3.8) is 0 Å². The van der Waals surface area contributed by atoms with Gasteiger partial charge < -0.3 is 15.2 Å². The Balaban J connectivity index is 1.24. The second-order valence-electron chi connectivity index (χ2n) is 7.56. The number of ether oxygens (including phenoxy) is 1. The van der Waals surface area contributed by atoms with Crippen molar-refractivity contribution in [1.29, 1.82) is 0 Å². The molecule has 4 aromatic rings. The zero-order chi connectivity index (χ0) is 20.8. The molecule has 2 aromatic heterocycles. The quantitative estimate of drug-likeness (QED) is 0.349. The maximum Gasteiger partial charge on any atom is 0.120 e. The van der Waals surface area contributed by atoms with Gasteiger partial charge in [0.15, 0.2) is 0 Å². The molecule has 0 spiro atoms. The minimum absolute atomic E-state index is 0.247. The number of hydrogen-bond donors (Lipinski definition) is 3. The smallest absolute Gasteiger partial charge is 0.120 e. The fraction of sp³-hybridized carbons (Fsp3) is 0.292. The zero-order valence-corrected chi connectivity index (χ0v) is 17.9. The van der Waals surface area contributed by atoms with Gasteiger partial charge in [0.1, 0.15) is 24.2 Å². The lowest BCUT2D eigenvalue weighted by Gasteiger charge is -2.18. The summed E-state index contributed by atoms with van der Waals surface area (Å²) in [6.07, 6.45) is 1.49. The standard InChI is InChI=1S/C24H27N3O2S/c1-17(10-11-18-6-3-2-4-7-18)25-15-20(28)16-29-21-9-5-8-19(14-21)23-24-22(26-27-23)12-13-30-24/h2-9,12-14,17,20,25,28H,10-11,15-16H2,1H3,(H,26,27). The van der Waals surface area contributed by atoms with Crippen molar-refractivity contribution in [3.8, 4) is 17.0 Å². The lowest BCUT2D eigenvalue weighted by molar-refractivity contribution is 0.104. The Morgan fingerprint density at radius 1 is 1.13 bits per heavy atom. The Bertz CT molecular complexity index is 1060. The van der Waals surface area contributed by atoms with Gasteiger partial charge >= 0.3 is 0 Å². The number of benzene rings is 2. The van der Waals surface area contributed by atoms with E-state index in [2.05, 4.69) is 52.1 Å². The molecule has 30 heavy (non-hydrogen) atoms. The lowest BCUT2D eigenvalue weighted by Crippen LogP contribution is -2.36. The van der Waals surface area contributed by atoms with E-state index in [1.54, 1.807) is 11.3 Å². The van der Waals surface area contributed by atoms with Gasteiger partial charge in [-0.3, -0.25) is 5.10 Å². The Kier molecular flexibility index (Phi) is 6.79. The average Bonchev–Trinajstić information content (AvgIpc) is 3.40. The van der Waals surface area contributed by atoms with Crippen molar-refractivity contribution in [1.82, 2.24) is 15.5 Å². The highest BCUT2D eigenvalue weighted by Gasteiger charge is 2.12. The number of aryl methyl sites for hydroxylation is 1. The van der Waals surface area contributed by atoms with Crippen LogP contribution >= 0.6 is 11.3 Å². The van der Waals surface area contributed by atoms with Gasteiger partial charge in [-0.05, 0) is 48.9 Å². The average molecular weight is 422 g/mol. The fourth-order valence-electron chi connectivity index (χ4n) is 3.39. The highest BCUT2D eigenvalue weighted by atomic mass is 32.1. The van der Waals surface area contributed by atoms with Crippen LogP contribution in [0.4, 0.5) is 0 Å². The van der Waals surface area contributed by atoms with E-state index >= 15 is 0 Å². The third-order valence-corrected chi connectivity index (χ3v) is 6.05. The van der Waals surface area contributed by atoms with Crippen molar-refractivity contribution in [2.24, 2.45) is 0 Å². The number of hydrogen-bond acceptors (Lipinski definition) is 5. The molecule has 0 saturated carbocycles. The maximum atomic E-state index is 10.3. The molecule has 0 amide bonds. The minimum Gasteiger partial charge on any atom is -0.491 e. The summed E-state index contributed by atoms with van der Waals surface area (Å²) in [6, 6.07) is 20.7. The highest BCUT2D eigenvalue weighted by molar-refractivity contribution is 7.17. The number of aliphatic hydroxyl groups excluding tert-OH is 1. The summed E-state index contributed by atoms with van der Waals surface area (Å²) in [5.41, 5.74) is 4.32. The van der Waals surface area contributed by atoms with Gasteiger partial charge in [-0.2, -0.15) is 5.10 Å². The summed E-state index contributed by atoms with van der Waals surface area (Å²) in [5, 5.41) is 23.2. The third-order valence-electron chi connectivity index (χ3n) is 5.13. The van der Waals surface area contributed by atoms with Gasteiger partial charge in [0, 0.05) is 18.2 Å². The molecule has 5 nitrogen and oxygen atoms in total. The summed E-state index contributed by atoms with van der Waals surface area (Å²) < 4.78 is 6.98. The van der Waals surface area contributed by atoms with Crippen LogP contribution in [-0.4, -0.2) is 40.6 Å². The van der Waals surface area contributed by atoms with E-state index in [0.717, 1.165) is 40.1 Å². The molecule has 2 aromatic carbocycles. The molecular weight excluding hydrogens is 394 g/mol. The number of fused-ring (bicyclic) bond motifs is 1. The number of nitrogens with zero attached hydrogens (tertiary/aromatic N) is 1. The Morgan fingerprint density at radius 2 is 2.00 bits per heavy atom. The van der Waals surface area contributed by atoms with Crippen molar-refractivity contribution in [2.45, 2.75) is 31.9 Å².